The summed E-state index contributed by atoms with van der Waals surface area (Å²) in [6, 6.07) is 20.1. The maximum atomic E-state index is 12.7. The molecule has 5 nitrogen and oxygen atoms in total. The van der Waals surface area contributed by atoms with Crippen molar-refractivity contribution in [2.24, 2.45) is 0 Å². The van der Waals surface area contributed by atoms with Crippen LogP contribution in [0, 0.1) is 0 Å². The molecule has 0 saturated carbocycles. The fourth-order valence-electron chi connectivity index (χ4n) is 3.04. The molecule has 1 aromatic heterocycles. The minimum Gasteiger partial charge on any atom is -0.473 e. The zero-order valence-corrected chi connectivity index (χ0v) is 14.4. The van der Waals surface area contributed by atoms with Crippen LogP contribution in [-0.2, 0) is 10.0 Å². The van der Waals surface area contributed by atoms with Crippen LogP contribution < -0.4 is 4.74 Å². The Morgan fingerprint density at radius 2 is 1.72 bits per heavy atom. The van der Waals surface area contributed by atoms with E-state index in [2.05, 4.69) is 4.98 Å². The van der Waals surface area contributed by atoms with Crippen molar-refractivity contribution in [3.05, 3.63) is 66.7 Å². The number of rotatable bonds is 4. The van der Waals surface area contributed by atoms with Gasteiger partial charge in [-0.3, -0.25) is 0 Å². The lowest BCUT2D eigenvalue weighted by molar-refractivity contribution is 0.207. The van der Waals surface area contributed by atoms with Gasteiger partial charge in [-0.15, -0.1) is 0 Å². The van der Waals surface area contributed by atoms with E-state index in [1.165, 1.54) is 4.31 Å². The smallest absolute Gasteiger partial charge is 0.243 e. The van der Waals surface area contributed by atoms with Crippen molar-refractivity contribution >= 4 is 20.9 Å². The van der Waals surface area contributed by atoms with Gasteiger partial charge in [0.2, 0.25) is 15.9 Å². The van der Waals surface area contributed by atoms with Crippen LogP contribution in [0.15, 0.2) is 71.6 Å². The number of hydrogen-bond acceptors (Lipinski definition) is 4. The molecule has 0 radical (unpaired) electrons. The molecule has 1 aliphatic rings. The fraction of sp³-hybridized carbons (Fsp3) is 0.211. The zero-order chi connectivity index (χ0) is 17.3. The molecular weight excluding hydrogens is 336 g/mol. The van der Waals surface area contributed by atoms with E-state index in [4.69, 9.17) is 4.74 Å². The van der Waals surface area contributed by atoms with E-state index in [1.807, 2.05) is 36.4 Å². The molecule has 1 aliphatic heterocycles. The van der Waals surface area contributed by atoms with E-state index in [1.54, 1.807) is 30.3 Å². The lowest BCUT2D eigenvalue weighted by Crippen LogP contribution is -2.31. The number of hydrogen-bond donors (Lipinski definition) is 0. The van der Waals surface area contributed by atoms with Crippen LogP contribution in [0.3, 0.4) is 0 Å². The van der Waals surface area contributed by atoms with E-state index in [0.717, 1.165) is 10.9 Å². The molecule has 1 saturated heterocycles. The second-order valence-electron chi connectivity index (χ2n) is 6.05. The Labute approximate surface area is 146 Å². The highest BCUT2D eigenvalue weighted by atomic mass is 32.2. The predicted molar refractivity (Wildman–Crippen MR) is 96.0 cm³/mol. The quantitative estimate of drug-likeness (QED) is 0.722. The van der Waals surface area contributed by atoms with Gasteiger partial charge in [0.15, 0.2) is 0 Å². The molecule has 2 aromatic carbocycles. The van der Waals surface area contributed by atoms with Gasteiger partial charge in [0.1, 0.15) is 6.10 Å². The van der Waals surface area contributed by atoms with Crippen molar-refractivity contribution in [2.75, 3.05) is 13.1 Å². The van der Waals surface area contributed by atoms with Crippen LogP contribution in [0.4, 0.5) is 0 Å². The van der Waals surface area contributed by atoms with Gasteiger partial charge in [0.05, 0.1) is 17.0 Å². The number of aromatic nitrogens is 1. The molecule has 3 aromatic rings. The van der Waals surface area contributed by atoms with Crippen molar-refractivity contribution in [3.8, 4) is 5.88 Å². The minimum absolute atomic E-state index is 0.188. The van der Waals surface area contributed by atoms with Gasteiger partial charge in [0, 0.05) is 18.0 Å². The van der Waals surface area contributed by atoms with Crippen molar-refractivity contribution in [3.63, 3.8) is 0 Å². The highest BCUT2D eigenvalue weighted by Gasteiger charge is 2.33. The van der Waals surface area contributed by atoms with E-state index >= 15 is 0 Å². The number of nitrogens with zero attached hydrogens (tertiary/aromatic N) is 2. The molecular formula is C19H18N2O3S. The molecule has 6 heteroatoms. The first-order valence-corrected chi connectivity index (χ1v) is 9.64. The van der Waals surface area contributed by atoms with Crippen molar-refractivity contribution in [1.29, 1.82) is 0 Å². The van der Waals surface area contributed by atoms with Crippen LogP contribution in [0.25, 0.3) is 10.9 Å². The van der Waals surface area contributed by atoms with E-state index in [9.17, 15) is 8.42 Å². The molecule has 128 valence electrons. The fourth-order valence-corrected chi connectivity index (χ4v) is 4.54. The second-order valence-corrected chi connectivity index (χ2v) is 7.98. The van der Waals surface area contributed by atoms with Gasteiger partial charge in [-0.25, -0.2) is 13.4 Å². The predicted octanol–water partition coefficient (Wildman–Crippen LogP) is 3.08. The molecule has 25 heavy (non-hydrogen) atoms. The number of ether oxygens (including phenoxy) is 1. The average molecular weight is 354 g/mol. The average Bonchev–Trinajstić information content (AvgIpc) is 3.12. The number of sulfonamides is 1. The molecule has 0 spiro atoms. The summed E-state index contributed by atoms with van der Waals surface area (Å²) >= 11 is 0. The van der Waals surface area contributed by atoms with E-state index in [0.29, 0.717) is 30.3 Å². The molecule has 1 fully saturated rings. The standard InChI is InChI=1S/C19H18N2O3S/c22-25(23,17-7-2-1-3-8-17)21-13-12-16(14-21)24-19-11-10-15-6-4-5-9-18(15)20-19/h1-11,16H,12-14H2. The lowest BCUT2D eigenvalue weighted by atomic mass is 10.2. The SMILES string of the molecule is O=S(=O)(c1ccccc1)N1CCC(Oc2ccc3ccccc3n2)C1. The van der Waals surface area contributed by atoms with Crippen LogP contribution in [-0.4, -0.2) is 36.9 Å². The van der Waals surface area contributed by atoms with Gasteiger partial charge in [-0.2, -0.15) is 4.31 Å². The van der Waals surface area contributed by atoms with Gasteiger partial charge in [-0.05, 0) is 30.7 Å². The number of fused-ring (bicyclic) bond motifs is 1. The highest BCUT2D eigenvalue weighted by Crippen LogP contribution is 2.24. The van der Waals surface area contributed by atoms with Crippen molar-refractivity contribution in [2.45, 2.75) is 17.4 Å². The third kappa shape index (κ3) is 3.23. The lowest BCUT2D eigenvalue weighted by Gasteiger charge is -2.17. The topological polar surface area (TPSA) is 59.5 Å². The molecule has 1 atom stereocenters. The maximum Gasteiger partial charge on any atom is 0.243 e. The van der Waals surface area contributed by atoms with Crippen molar-refractivity contribution in [1.82, 2.24) is 9.29 Å². The summed E-state index contributed by atoms with van der Waals surface area (Å²) in [6.45, 7) is 0.793. The first kappa shape index (κ1) is 16.1. The van der Waals surface area contributed by atoms with Crippen LogP contribution in [0.2, 0.25) is 0 Å². The Kier molecular flexibility index (Phi) is 4.15. The Bertz CT molecular complexity index is 990. The van der Waals surface area contributed by atoms with Gasteiger partial charge < -0.3 is 4.74 Å². The third-order valence-corrected chi connectivity index (χ3v) is 6.23. The summed E-state index contributed by atoms with van der Waals surface area (Å²) in [7, 11) is -3.47. The second kappa shape index (κ2) is 6.46. The van der Waals surface area contributed by atoms with Crippen molar-refractivity contribution < 1.29 is 13.2 Å². The first-order chi connectivity index (χ1) is 12.1. The molecule has 2 heterocycles. The summed E-state index contributed by atoms with van der Waals surface area (Å²) in [4.78, 5) is 4.81. The Hall–Kier alpha value is -2.44. The highest BCUT2D eigenvalue weighted by molar-refractivity contribution is 7.89. The Balaban J connectivity index is 1.49. The van der Waals surface area contributed by atoms with E-state index < -0.39 is 10.0 Å². The van der Waals surface area contributed by atoms with Crippen LogP contribution in [0.1, 0.15) is 6.42 Å². The molecule has 0 bridgehead atoms. The summed E-state index contributed by atoms with van der Waals surface area (Å²) in [5.41, 5.74) is 0.867. The van der Waals surface area contributed by atoms with Gasteiger partial charge in [-0.1, -0.05) is 36.4 Å². The molecule has 0 N–H and O–H groups in total. The summed E-state index contributed by atoms with van der Waals surface area (Å²) in [6.07, 6.45) is 0.466. The van der Waals surface area contributed by atoms with E-state index in [-0.39, 0.29) is 6.10 Å². The maximum absolute atomic E-state index is 12.7. The zero-order valence-electron chi connectivity index (χ0n) is 13.6. The monoisotopic (exact) mass is 354 g/mol. The van der Waals surface area contributed by atoms with Crippen LogP contribution in [0.5, 0.6) is 5.88 Å². The molecule has 0 amide bonds. The Morgan fingerprint density at radius 3 is 2.56 bits per heavy atom. The normalized spacial score (nSPS) is 18.5. The summed E-state index contributed by atoms with van der Waals surface area (Å²) in [5.74, 6) is 0.530. The molecule has 0 aliphatic carbocycles. The Morgan fingerprint density at radius 1 is 0.960 bits per heavy atom. The number of para-hydroxylation sites is 1. The number of pyridine rings is 1. The molecule has 4 rings (SSSR count). The minimum atomic E-state index is -3.47. The first-order valence-electron chi connectivity index (χ1n) is 8.20. The number of benzene rings is 2. The largest absolute Gasteiger partial charge is 0.473 e. The summed E-state index contributed by atoms with van der Waals surface area (Å²) < 4.78 is 32.7. The molecule has 1 unspecified atom stereocenters. The van der Waals surface area contributed by atoms with Crippen LogP contribution >= 0.6 is 0 Å². The van der Waals surface area contributed by atoms with Gasteiger partial charge >= 0.3 is 0 Å². The third-order valence-electron chi connectivity index (χ3n) is 4.35. The van der Waals surface area contributed by atoms with Gasteiger partial charge in [0.25, 0.3) is 0 Å². The summed E-state index contributed by atoms with van der Waals surface area (Å²) in [5, 5.41) is 1.05.